The molecule has 35 heavy (non-hydrogen) atoms. The molecule has 0 saturated heterocycles. The van der Waals surface area contributed by atoms with Gasteiger partial charge in [0.1, 0.15) is 10.6 Å². The van der Waals surface area contributed by atoms with E-state index in [2.05, 4.69) is 44.2 Å². The molecular formula is C28H26N2O3S2. The Hall–Kier alpha value is -3.29. The van der Waals surface area contributed by atoms with E-state index in [-0.39, 0.29) is 22.9 Å². The van der Waals surface area contributed by atoms with E-state index in [0.717, 1.165) is 14.7 Å². The number of phenols is 1. The van der Waals surface area contributed by atoms with Crippen LogP contribution in [-0.4, -0.2) is 14.2 Å². The molecule has 5 aromatic rings. The molecular weight excluding hydrogens is 476 g/mol. The minimum Gasteiger partial charge on any atom is -0.508 e. The fourth-order valence-electron chi connectivity index (χ4n) is 4.39. The Morgan fingerprint density at radius 1 is 1.00 bits per heavy atom. The monoisotopic (exact) mass is 502 g/mol. The number of rotatable bonds is 6. The zero-order valence-corrected chi connectivity index (χ0v) is 21.5. The predicted octanol–water partition coefficient (Wildman–Crippen LogP) is 6.02. The molecule has 0 atom stereocenters. The van der Waals surface area contributed by atoms with Gasteiger partial charge in [0.05, 0.1) is 5.39 Å². The van der Waals surface area contributed by atoms with Crippen LogP contribution in [0.2, 0.25) is 0 Å². The second kappa shape index (κ2) is 9.40. The Bertz CT molecular complexity index is 1670. The van der Waals surface area contributed by atoms with Crippen LogP contribution in [0.1, 0.15) is 24.3 Å². The van der Waals surface area contributed by atoms with Gasteiger partial charge in [-0.1, -0.05) is 74.1 Å². The molecule has 0 radical (unpaired) electrons. The largest absolute Gasteiger partial charge is 0.508 e. The smallest absolute Gasteiger partial charge is 0.331 e. The Kier molecular flexibility index (Phi) is 6.30. The molecule has 0 amide bonds. The van der Waals surface area contributed by atoms with E-state index in [1.807, 2.05) is 18.2 Å². The highest BCUT2D eigenvalue weighted by molar-refractivity contribution is 7.99. The summed E-state index contributed by atoms with van der Waals surface area (Å²) < 4.78 is 2.96. The SMILES string of the molecule is CC(C)Cn1c(=O)n(C)c(=O)c2c(Sc3cccc(O)c3)c(Cc3cccc4ccccc34)sc21. The van der Waals surface area contributed by atoms with Crippen molar-refractivity contribution in [2.45, 2.75) is 36.6 Å². The van der Waals surface area contributed by atoms with Gasteiger partial charge in [-0.05, 0) is 40.5 Å². The van der Waals surface area contributed by atoms with E-state index in [1.54, 1.807) is 29.8 Å². The molecule has 5 rings (SSSR count). The number of nitrogens with zero attached hydrogens (tertiary/aromatic N) is 2. The maximum atomic E-state index is 13.4. The molecule has 0 saturated carbocycles. The molecule has 0 aliphatic heterocycles. The number of aromatic nitrogens is 2. The van der Waals surface area contributed by atoms with Gasteiger partial charge in [-0.3, -0.25) is 13.9 Å². The van der Waals surface area contributed by atoms with Crippen LogP contribution < -0.4 is 11.2 Å². The van der Waals surface area contributed by atoms with Crippen molar-refractivity contribution in [1.82, 2.24) is 9.13 Å². The zero-order valence-electron chi connectivity index (χ0n) is 19.8. The van der Waals surface area contributed by atoms with Gasteiger partial charge in [0, 0.05) is 34.7 Å². The van der Waals surface area contributed by atoms with Crippen molar-refractivity contribution in [2.75, 3.05) is 0 Å². The molecule has 1 N–H and O–H groups in total. The van der Waals surface area contributed by atoms with Gasteiger partial charge in [0.25, 0.3) is 5.56 Å². The predicted molar refractivity (Wildman–Crippen MR) is 145 cm³/mol. The summed E-state index contributed by atoms with van der Waals surface area (Å²) in [6.07, 6.45) is 0.640. The number of hydrogen-bond acceptors (Lipinski definition) is 5. The number of hydrogen-bond donors (Lipinski definition) is 1. The molecule has 2 aromatic heterocycles. The summed E-state index contributed by atoms with van der Waals surface area (Å²) in [7, 11) is 1.55. The normalized spacial score (nSPS) is 11.7. The average molecular weight is 503 g/mol. The van der Waals surface area contributed by atoms with E-state index >= 15 is 0 Å². The van der Waals surface area contributed by atoms with Gasteiger partial charge in [0.2, 0.25) is 0 Å². The third-order valence-electron chi connectivity index (χ3n) is 6.01. The summed E-state index contributed by atoms with van der Waals surface area (Å²) in [5.41, 5.74) is 0.596. The molecule has 2 heterocycles. The van der Waals surface area contributed by atoms with Gasteiger partial charge in [-0.25, -0.2) is 4.79 Å². The number of fused-ring (bicyclic) bond motifs is 2. The highest BCUT2D eigenvalue weighted by atomic mass is 32.2. The van der Waals surface area contributed by atoms with E-state index in [9.17, 15) is 14.7 Å². The molecule has 0 aliphatic rings. The van der Waals surface area contributed by atoms with Crippen LogP contribution in [0, 0.1) is 5.92 Å². The maximum Gasteiger partial charge on any atom is 0.331 e. The molecule has 5 nitrogen and oxygen atoms in total. The van der Waals surface area contributed by atoms with Crippen LogP contribution >= 0.6 is 23.1 Å². The fourth-order valence-corrected chi connectivity index (χ4v) is 6.95. The van der Waals surface area contributed by atoms with Gasteiger partial charge in [-0.15, -0.1) is 11.3 Å². The van der Waals surface area contributed by atoms with Crippen molar-refractivity contribution in [1.29, 1.82) is 0 Å². The minimum absolute atomic E-state index is 0.176. The summed E-state index contributed by atoms with van der Waals surface area (Å²) in [6.45, 7) is 4.67. The Morgan fingerprint density at radius 2 is 1.74 bits per heavy atom. The Labute approximate surface area is 211 Å². The minimum atomic E-state index is -0.289. The fraction of sp³-hybridized carbons (Fsp3) is 0.214. The molecule has 0 spiro atoms. The van der Waals surface area contributed by atoms with Crippen molar-refractivity contribution in [3.8, 4) is 5.75 Å². The number of thiophene rings is 1. The molecule has 7 heteroatoms. The van der Waals surface area contributed by atoms with Crippen molar-refractivity contribution in [3.63, 3.8) is 0 Å². The zero-order chi connectivity index (χ0) is 24.7. The third-order valence-corrected chi connectivity index (χ3v) is 8.50. The first-order valence-electron chi connectivity index (χ1n) is 11.5. The lowest BCUT2D eigenvalue weighted by Gasteiger charge is -2.12. The second-order valence-corrected chi connectivity index (χ2v) is 11.3. The highest BCUT2D eigenvalue weighted by Crippen LogP contribution is 2.42. The second-order valence-electron chi connectivity index (χ2n) is 9.10. The van der Waals surface area contributed by atoms with Crippen molar-refractivity contribution in [3.05, 3.63) is 98.0 Å². The summed E-state index contributed by atoms with van der Waals surface area (Å²) in [5.74, 6) is 0.425. The Morgan fingerprint density at radius 3 is 2.51 bits per heavy atom. The van der Waals surface area contributed by atoms with Crippen LogP contribution in [0.25, 0.3) is 21.0 Å². The van der Waals surface area contributed by atoms with Crippen LogP contribution in [0.3, 0.4) is 0 Å². The van der Waals surface area contributed by atoms with E-state index in [1.165, 1.54) is 44.0 Å². The summed E-state index contributed by atoms with van der Waals surface area (Å²) in [5, 5.41) is 12.9. The Balaban J connectivity index is 1.78. The van der Waals surface area contributed by atoms with Crippen LogP contribution in [0.15, 0.2) is 86.1 Å². The lowest BCUT2D eigenvalue weighted by atomic mass is 10.0. The molecule has 178 valence electrons. The van der Waals surface area contributed by atoms with Crippen molar-refractivity contribution < 1.29 is 5.11 Å². The lowest BCUT2D eigenvalue weighted by molar-refractivity contribution is 0.474. The molecule has 0 aliphatic carbocycles. The van der Waals surface area contributed by atoms with Crippen LogP contribution in [-0.2, 0) is 20.0 Å². The van der Waals surface area contributed by atoms with E-state index < -0.39 is 0 Å². The third kappa shape index (κ3) is 4.42. The van der Waals surface area contributed by atoms with Gasteiger partial charge < -0.3 is 5.11 Å². The lowest BCUT2D eigenvalue weighted by Crippen LogP contribution is -2.38. The summed E-state index contributed by atoms with van der Waals surface area (Å²) in [6, 6.07) is 21.6. The highest BCUT2D eigenvalue weighted by Gasteiger charge is 2.23. The molecule has 3 aromatic carbocycles. The summed E-state index contributed by atoms with van der Waals surface area (Å²) in [4.78, 5) is 30.0. The number of benzene rings is 3. The van der Waals surface area contributed by atoms with Gasteiger partial charge in [-0.2, -0.15) is 0 Å². The molecule has 0 unspecified atom stereocenters. The van der Waals surface area contributed by atoms with Crippen LogP contribution in [0.5, 0.6) is 5.75 Å². The van der Waals surface area contributed by atoms with Crippen LogP contribution in [0.4, 0.5) is 0 Å². The van der Waals surface area contributed by atoms with Gasteiger partial charge >= 0.3 is 5.69 Å². The molecule has 0 bridgehead atoms. The first-order valence-corrected chi connectivity index (χ1v) is 13.2. The topological polar surface area (TPSA) is 64.2 Å². The number of phenolic OH excluding ortho intramolecular Hbond substituents is 1. The van der Waals surface area contributed by atoms with E-state index in [0.29, 0.717) is 23.2 Å². The van der Waals surface area contributed by atoms with Crippen molar-refractivity contribution >= 4 is 44.1 Å². The number of aromatic hydroxyl groups is 1. The quantitative estimate of drug-likeness (QED) is 0.308. The first kappa shape index (κ1) is 23.5. The maximum absolute atomic E-state index is 13.4. The molecule has 0 fully saturated rings. The summed E-state index contributed by atoms with van der Waals surface area (Å²) >= 11 is 2.99. The first-order chi connectivity index (χ1) is 16.8. The average Bonchev–Trinajstić information content (AvgIpc) is 3.18. The van der Waals surface area contributed by atoms with Crippen molar-refractivity contribution in [2.24, 2.45) is 13.0 Å². The standard InChI is InChI=1S/C28H26N2O3S2/c1-17(2)16-30-27-24(26(32)29(3)28(30)33)25(34-21-12-7-11-20(31)15-21)23(35-27)14-19-10-6-9-18-8-4-5-13-22(18)19/h4-13,15,17,31H,14,16H2,1-3H3. The van der Waals surface area contributed by atoms with E-state index in [4.69, 9.17) is 0 Å². The van der Waals surface area contributed by atoms with Gasteiger partial charge in [0.15, 0.2) is 0 Å².